The number of nitrogens with zero attached hydrogens (tertiary/aromatic N) is 2. The van der Waals surface area contributed by atoms with Crippen molar-refractivity contribution in [2.75, 3.05) is 13.1 Å². The maximum absolute atomic E-state index is 11.6. The first kappa shape index (κ1) is 16.5. The fourth-order valence-electron chi connectivity index (χ4n) is 2.76. The number of hydrogen-bond donors (Lipinski definition) is 2. The number of imidazole rings is 1. The fraction of sp³-hybridized carbons (Fsp3) is 0.529. The summed E-state index contributed by atoms with van der Waals surface area (Å²) in [6.07, 6.45) is 8.84. The second-order valence-electron chi connectivity index (χ2n) is 6.12. The first-order valence-electron chi connectivity index (χ1n) is 7.77. The Morgan fingerprint density at radius 2 is 2.23 bits per heavy atom. The molecule has 0 radical (unpaired) electrons. The summed E-state index contributed by atoms with van der Waals surface area (Å²) in [6.45, 7) is 7.71. The Kier molecular flexibility index (Phi) is 5.55. The van der Waals surface area contributed by atoms with E-state index in [2.05, 4.69) is 42.9 Å². The van der Waals surface area contributed by atoms with Crippen LogP contribution in [0.5, 0.6) is 0 Å². The monoisotopic (exact) mass is 303 g/mol. The molecule has 0 aliphatic carbocycles. The second-order valence-corrected chi connectivity index (χ2v) is 6.12. The van der Waals surface area contributed by atoms with Crippen LogP contribution in [0.2, 0.25) is 0 Å². The van der Waals surface area contributed by atoms with E-state index < -0.39 is 12.0 Å². The number of hydrogen-bond acceptors (Lipinski definition) is 3. The van der Waals surface area contributed by atoms with E-state index in [0.717, 1.165) is 31.5 Å². The summed E-state index contributed by atoms with van der Waals surface area (Å²) in [5.41, 5.74) is 4.25. The molecule has 0 bridgehead atoms. The van der Waals surface area contributed by atoms with Gasteiger partial charge in [0.15, 0.2) is 6.04 Å². The number of carboxylic acids is 1. The van der Waals surface area contributed by atoms with Crippen LogP contribution in [0.15, 0.2) is 29.6 Å². The summed E-state index contributed by atoms with van der Waals surface area (Å²) in [5.74, 6) is -0.830. The highest BCUT2D eigenvalue weighted by Gasteiger charge is 2.34. The van der Waals surface area contributed by atoms with Crippen LogP contribution < -0.4 is 0 Å². The standard InChI is InChI=1S/C17H25N3O2/c1-12(2)5-4-6-13(3)7-9-20-10-8-14-15(19-11-18-14)16(20)17(21)22/h5,7,11,16H,4,6,8-10H2,1-3H3,(H,18,19)(H,21,22)/b13-7+/t16-/m1/s1. The van der Waals surface area contributed by atoms with Gasteiger partial charge in [-0.3, -0.25) is 9.69 Å². The zero-order chi connectivity index (χ0) is 16.1. The molecule has 0 fully saturated rings. The second kappa shape index (κ2) is 7.40. The molecule has 2 rings (SSSR count). The number of H-pyrrole nitrogens is 1. The SMILES string of the molecule is CC(C)=CCC/C(C)=C/CN1CCc2[nH]cnc2[C@@H]1C(=O)O. The number of carbonyl (C=O) groups is 1. The molecule has 0 unspecified atom stereocenters. The van der Waals surface area contributed by atoms with Gasteiger partial charge in [-0.2, -0.15) is 0 Å². The highest BCUT2D eigenvalue weighted by molar-refractivity contribution is 5.75. The van der Waals surface area contributed by atoms with Crippen LogP contribution in [0, 0.1) is 0 Å². The van der Waals surface area contributed by atoms with Crippen molar-refractivity contribution in [1.82, 2.24) is 14.9 Å². The number of nitrogens with one attached hydrogen (secondary N) is 1. The lowest BCUT2D eigenvalue weighted by atomic mass is 10.0. The maximum atomic E-state index is 11.6. The van der Waals surface area contributed by atoms with E-state index in [1.165, 1.54) is 11.1 Å². The Labute approximate surface area is 131 Å². The molecule has 0 saturated heterocycles. The molecule has 0 aromatic carbocycles. The van der Waals surface area contributed by atoms with E-state index in [0.29, 0.717) is 12.2 Å². The molecule has 1 aliphatic heterocycles. The normalized spacial score (nSPS) is 18.9. The van der Waals surface area contributed by atoms with Crippen LogP contribution >= 0.6 is 0 Å². The first-order chi connectivity index (χ1) is 10.5. The van der Waals surface area contributed by atoms with E-state index >= 15 is 0 Å². The van der Waals surface area contributed by atoms with Gasteiger partial charge in [-0.1, -0.05) is 23.3 Å². The highest BCUT2D eigenvalue weighted by atomic mass is 16.4. The molecule has 5 heteroatoms. The lowest BCUT2D eigenvalue weighted by Crippen LogP contribution is -2.40. The number of aromatic nitrogens is 2. The van der Waals surface area contributed by atoms with Crippen molar-refractivity contribution >= 4 is 5.97 Å². The molecule has 0 amide bonds. The number of aliphatic carboxylic acids is 1. The van der Waals surface area contributed by atoms with Crippen molar-refractivity contribution < 1.29 is 9.90 Å². The molecule has 1 aromatic heterocycles. The van der Waals surface area contributed by atoms with E-state index in [9.17, 15) is 9.90 Å². The van der Waals surface area contributed by atoms with Gasteiger partial charge in [0.05, 0.1) is 12.0 Å². The molecule has 2 heterocycles. The Morgan fingerprint density at radius 3 is 2.91 bits per heavy atom. The third-order valence-electron chi connectivity index (χ3n) is 4.02. The maximum Gasteiger partial charge on any atom is 0.327 e. The Morgan fingerprint density at radius 1 is 1.45 bits per heavy atom. The summed E-state index contributed by atoms with van der Waals surface area (Å²) < 4.78 is 0. The van der Waals surface area contributed by atoms with Gasteiger partial charge in [0.25, 0.3) is 0 Å². The van der Waals surface area contributed by atoms with Crippen molar-refractivity contribution in [3.05, 3.63) is 41.0 Å². The largest absolute Gasteiger partial charge is 0.480 e. The minimum atomic E-state index is -0.830. The zero-order valence-electron chi connectivity index (χ0n) is 13.6. The number of allylic oxidation sites excluding steroid dienone is 3. The van der Waals surface area contributed by atoms with Crippen LogP contribution in [0.3, 0.4) is 0 Å². The Balaban J connectivity index is 2.00. The predicted octanol–water partition coefficient (Wildman–Crippen LogP) is 3.09. The summed E-state index contributed by atoms with van der Waals surface area (Å²) in [7, 11) is 0. The van der Waals surface area contributed by atoms with Crippen molar-refractivity contribution in [3.63, 3.8) is 0 Å². The molecule has 5 nitrogen and oxygen atoms in total. The van der Waals surface area contributed by atoms with Crippen LogP contribution in [0.25, 0.3) is 0 Å². The smallest absolute Gasteiger partial charge is 0.327 e. The summed E-state index contributed by atoms with van der Waals surface area (Å²) in [4.78, 5) is 20.8. The van der Waals surface area contributed by atoms with E-state index in [4.69, 9.17) is 0 Å². The van der Waals surface area contributed by atoms with E-state index in [1.54, 1.807) is 6.33 Å². The zero-order valence-corrected chi connectivity index (χ0v) is 13.6. The number of carboxylic acid groups (broad SMARTS) is 1. The predicted molar refractivity (Wildman–Crippen MR) is 86.7 cm³/mol. The third kappa shape index (κ3) is 4.07. The van der Waals surface area contributed by atoms with Crippen molar-refractivity contribution in [3.8, 4) is 0 Å². The highest BCUT2D eigenvalue weighted by Crippen LogP contribution is 2.27. The molecule has 1 atom stereocenters. The average Bonchev–Trinajstić information content (AvgIpc) is 2.91. The van der Waals surface area contributed by atoms with Gasteiger partial charge in [-0.15, -0.1) is 0 Å². The molecule has 1 aliphatic rings. The Bertz CT molecular complexity index is 582. The van der Waals surface area contributed by atoms with Gasteiger partial charge in [-0.05, 0) is 33.6 Å². The van der Waals surface area contributed by atoms with Crippen molar-refractivity contribution in [2.45, 2.75) is 46.1 Å². The lowest BCUT2D eigenvalue weighted by Gasteiger charge is -2.31. The van der Waals surface area contributed by atoms with Crippen LogP contribution in [-0.4, -0.2) is 39.0 Å². The van der Waals surface area contributed by atoms with E-state index in [1.807, 2.05) is 4.90 Å². The Hall–Kier alpha value is -1.88. The van der Waals surface area contributed by atoms with Gasteiger partial charge in [0.2, 0.25) is 0 Å². The molecule has 0 saturated carbocycles. The van der Waals surface area contributed by atoms with Gasteiger partial charge in [-0.25, -0.2) is 4.98 Å². The minimum Gasteiger partial charge on any atom is -0.480 e. The van der Waals surface area contributed by atoms with Gasteiger partial charge < -0.3 is 10.1 Å². The average molecular weight is 303 g/mol. The summed E-state index contributed by atoms with van der Waals surface area (Å²) in [5, 5.41) is 9.52. The molecule has 2 N–H and O–H groups in total. The lowest BCUT2D eigenvalue weighted by molar-refractivity contribution is -0.143. The quantitative estimate of drug-likeness (QED) is 0.792. The molecular formula is C17H25N3O2. The van der Waals surface area contributed by atoms with Crippen LogP contribution in [-0.2, 0) is 11.2 Å². The molecule has 1 aromatic rings. The molecule has 22 heavy (non-hydrogen) atoms. The van der Waals surface area contributed by atoms with E-state index in [-0.39, 0.29) is 0 Å². The first-order valence-corrected chi connectivity index (χ1v) is 7.77. The van der Waals surface area contributed by atoms with Crippen molar-refractivity contribution in [1.29, 1.82) is 0 Å². The fourth-order valence-corrected chi connectivity index (χ4v) is 2.76. The van der Waals surface area contributed by atoms with Crippen molar-refractivity contribution in [2.24, 2.45) is 0 Å². The number of aromatic amines is 1. The van der Waals surface area contributed by atoms with Crippen LogP contribution in [0.1, 0.15) is 51.0 Å². The molecular weight excluding hydrogens is 278 g/mol. The third-order valence-corrected chi connectivity index (χ3v) is 4.02. The van der Waals surface area contributed by atoms with Gasteiger partial charge in [0, 0.05) is 25.2 Å². The minimum absolute atomic E-state index is 0.642. The number of fused-ring (bicyclic) bond motifs is 1. The van der Waals surface area contributed by atoms with Gasteiger partial charge >= 0.3 is 5.97 Å². The summed E-state index contributed by atoms with van der Waals surface area (Å²) in [6, 6.07) is -0.642. The number of rotatable bonds is 6. The van der Waals surface area contributed by atoms with Crippen LogP contribution in [0.4, 0.5) is 0 Å². The van der Waals surface area contributed by atoms with Gasteiger partial charge in [0.1, 0.15) is 0 Å². The summed E-state index contributed by atoms with van der Waals surface area (Å²) >= 11 is 0. The topological polar surface area (TPSA) is 69.2 Å². The molecule has 120 valence electrons. The molecule has 0 spiro atoms.